The van der Waals surface area contributed by atoms with E-state index >= 15 is 0 Å². The summed E-state index contributed by atoms with van der Waals surface area (Å²) >= 11 is 0. The molecule has 1 unspecified atom stereocenters. The first-order chi connectivity index (χ1) is 9.74. The van der Waals surface area contributed by atoms with Gasteiger partial charge in [0, 0.05) is 32.7 Å². The van der Waals surface area contributed by atoms with Crippen molar-refractivity contribution >= 4 is 5.91 Å². The molecule has 1 aliphatic rings. The van der Waals surface area contributed by atoms with Gasteiger partial charge in [-0.15, -0.1) is 0 Å². The Morgan fingerprint density at radius 2 is 2.40 bits per heavy atom. The second-order valence-electron chi connectivity index (χ2n) is 5.16. The Balaban J connectivity index is 2.01. The molecular weight excluding hydrogens is 256 g/mol. The highest BCUT2D eigenvalue weighted by Crippen LogP contribution is 2.13. The van der Waals surface area contributed by atoms with Crippen LogP contribution >= 0.6 is 0 Å². The number of amides is 1. The van der Waals surface area contributed by atoms with Gasteiger partial charge < -0.3 is 19.4 Å². The maximum atomic E-state index is 12.5. The van der Waals surface area contributed by atoms with E-state index in [1.54, 1.807) is 13.2 Å². The number of carbonyl (C=O) groups is 1. The smallest absolute Gasteiger partial charge is 0.289 e. The Morgan fingerprint density at radius 3 is 3.00 bits per heavy atom. The molecule has 0 bridgehead atoms. The first-order valence-electron chi connectivity index (χ1n) is 7.35. The number of nitrogens with zero attached hydrogens (tertiary/aromatic N) is 1. The fourth-order valence-electron chi connectivity index (χ4n) is 2.49. The van der Waals surface area contributed by atoms with Crippen molar-refractivity contribution in [3.8, 4) is 0 Å². The molecule has 0 saturated carbocycles. The lowest BCUT2D eigenvalue weighted by Gasteiger charge is -2.24. The van der Waals surface area contributed by atoms with Crippen LogP contribution in [0.15, 0.2) is 16.5 Å². The lowest BCUT2D eigenvalue weighted by molar-refractivity contribution is 0.0646. The molecule has 1 amide bonds. The van der Waals surface area contributed by atoms with Crippen LogP contribution in [0.2, 0.25) is 0 Å². The zero-order valence-corrected chi connectivity index (χ0v) is 12.4. The minimum absolute atomic E-state index is 0.0459. The van der Waals surface area contributed by atoms with Gasteiger partial charge in [-0.1, -0.05) is 6.92 Å². The molecule has 1 aromatic rings. The Labute approximate surface area is 120 Å². The summed E-state index contributed by atoms with van der Waals surface area (Å²) in [5.74, 6) is 1.23. The lowest BCUT2D eigenvalue weighted by Crippen LogP contribution is -2.42. The van der Waals surface area contributed by atoms with E-state index < -0.39 is 0 Å². The third-order valence-electron chi connectivity index (χ3n) is 3.68. The van der Waals surface area contributed by atoms with E-state index in [4.69, 9.17) is 9.15 Å². The van der Waals surface area contributed by atoms with Crippen LogP contribution in [-0.2, 0) is 11.2 Å². The van der Waals surface area contributed by atoms with Crippen molar-refractivity contribution in [2.75, 3.05) is 33.4 Å². The van der Waals surface area contributed by atoms with Gasteiger partial charge in [-0.2, -0.15) is 0 Å². The number of hydrogen-bond acceptors (Lipinski definition) is 4. The van der Waals surface area contributed by atoms with Gasteiger partial charge in [-0.3, -0.25) is 4.79 Å². The Bertz CT molecular complexity index is 425. The second kappa shape index (κ2) is 7.45. The molecule has 1 atom stereocenters. The van der Waals surface area contributed by atoms with Crippen LogP contribution in [0.3, 0.4) is 0 Å². The standard InChI is InChI=1S/C15H24N2O3/c1-3-13-6-7-14(20-13)15(18)17(9-10-19-2)11-12-5-4-8-16-12/h6-7,12,16H,3-5,8-11H2,1-2H3. The Hall–Kier alpha value is -1.33. The summed E-state index contributed by atoms with van der Waals surface area (Å²) < 4.78 is 10.7. The summed E-state index contributed by atoms with van der Waals surface area (Å²) in [6, 6.07) is 4.02. The largest absolute Gasteiger partial charge is 0.456 e. The summed E-state index contributed by atoms with van der Waals surface area (Å²) in [4.78, 5) is 14.3. The summed E-state index contributed by atoms with van der Waals surface area (Å²) in [6.45, 7) is 4.90. The maximum Gasteiger partial charge on any atom is 0.289 e. The number of nitrogens with one attached hydrogen (secondary N) is 1. The van der Waals surface area contributed by atoms with Crippen LogP contribution in [0, 0.1) is 0 Å². The van der Waals surface area contributed by atoms with E-state index in [1.807, 2.05) is 17.9 Å². The number of furan rings is 1. The van der Waals surface area contributed by atoms with Crippen molar-refractivity contribution in [3.63, 3.8) is 0 Å². The van der Waals surface area contributed by atoms with Gasteiger partial charge in [0.15, 0.2) is 5.76 Å². The Kier molecular flexibility index (Phi) is 5.61. The first-order valence-corrected chi connectivity index (χ1v) is 7.35. The van der Waals surface area contributed by atoms with Crippen molar-refractivity contribution in [2.45, 2.75) is 32.2 Å². The van der Waals surface area contributed by atoms with E-state index in [9.17, 15) is 4.79 Å². The number of aryl methyl sites for hydroxylation is 1. The molecule has 20 heavy (non-hydrogen) atoms. The summed E-state index contributed by atoms with van der Waals surface area (Å²) in [5.41, 5.74) is 0. The number of rotatable bonds is 7. The predicted octanol–water partition coefficient (Wildman–Crippen LogP) is 1.68. The minimum atomic E-state index is -0.0459. The van der Waals surface area contributed by atoms with Crippen LogP contribution in [0.4, 0.5) is 0 Å². The van der Waals surface area contributed by atoms with Crippen molar-refractivity contribution < 1.29 is 13.9 Å². The topological polar surface area (TPSA) is 54.7 Å². The van der Waals surface area contributed by atoms with Crippen LogP contribution in [-0.4, -0.2) is 50.2 Å². The van der Waals surface area contributed by atoms with E-state index in [1.165, 1.54) is 6.42 Å². The first kappa shape index (κ1) is 15.1. The average Bonchev–Trinajstić information content (AvgIpc) is 3.13. The zero-order chi connectivity index (χ0) is 14.4. The van der Waals surface area contributed by atoms with Gasteiger partial charge in [0.2, 0.25) is 0 Å². The molecule has 1 aliphatic heterocycles. The fourth-order valence-corrected chi connectivity index (χ4v) is 2.49. The normalized spacial score (nSPS) is 18.4. The van der Waals surface area contributed by atoms with Crippen molar-refractivity contribution in [1.82, 2.24) is 10.2 Å². The van der Waals surface area contributed by atoms with E-state index in [0.29, 0.717) is 31.5 Å². The SMILES string of the molecule is CCc1ccc(C(=O)N(CCOC)CC2CCCN2)o1. The van der Waals surface area contributed by atoms with Crippen LogP contribution in [0.1, 0.15) is 36.1 Å². The monoisotopic (exact) mass is 280 g/mol. The molecule has 0 spiro atoms. The predicted molar refractivity (Wildman–Crippen MR) is 76.9 cm³/mol. The van der Waals surface area contributed by atoms with Gasteiger partial charge in [-0.05, 0) is 31.5 Å². The molecule has 112 valence electrons. The molecule has 1 aromatic heterocycles. The van der Waals surface area contributed by atoms with Crippen LogP contribution in [0.25, 0.3) is 0 Å². The quantitative estimate of drug-likeness (QED) is 0.825. The second-order valence-corrected chi connectivity index (χ2v) is 5.16. The van der Waals surface area contributed by atoms with E-state index in [0.717, 1.165) is 25.1 Å². The molecule has 1 fully saturated rings. The Morgan fingerprint density at radius 1 is 1.55 bits per heavy atom. The highest BCUT2D eigenvalue weighted by molar-refractivity contribution is 5.91. The molecule has 1 saturated heterocycles. The molecule has 5 heteroatoms. The highest BCUT2D eigenvalue weighted by atomic mass is 16.5. The van der Waals surface area contributed by atoms with Gasteiger partial charge in [0.1, 0.15) is 5.76 Å². The summed E-state index contributed by atoms with van der Waals surface area (Å²) in [6.07, 6.45) is 3.10. The highest BCUT2D eigenvalue weighted by Gasteiger charge is 2.24. The number of carbonyl (C=O) groups excluding carboxylic acids is 1. The molecular formula is C15H24N2O3. The summed E-state index contributed by atoms with van der Waals surface area (Å²) in [7, 11) is 1.65. The third-order valence-corrected chi connectivity index (χ3v) is 3.68. The number of methoxy groups -OCH3 is 1. The van der Waals surface area contributed by atoms with Crippen molar-refractivity contribution in [2.24, 2.45) is 0 Å². The zero-order valence-electron chi connectivity index (χ0n) is 12.4. The molecule has 0 aliphatic carbocycles. The molecule has 5 nitrogen and oxygen atoms in total. The van der Waals surface area contributed by atoms with Crippen LogP contribution < -0.4 is 5.32 Å². The van der Waals surface area contributed by atoms with E-state index in [2.05, 4.69) is 5.32 Å². The van der Waals surface area contributed by atoms with Gasteiger partial charge in [-0.25, -0.2) is 0 Å². The lowest BCUT2D eigenvalue weighted by atomic mass is 10.2. The molecule has 2 rings (SSSR count). The van der Waals surface area contributed by atoms with E-state index in [-0.39, 0.29) is 5.91 Å². The van der Waals surface area contributed by atoms with Gasteiger partial charge >= 0.3 is 0 Å². The molecule has 1 N–H and O–H groups in total. The minimum Gasteiger partial charge on any atom is -0.456 e. The van der Waals surface area contributed by atoms with Gasteiger partial charge in [0.05, 0.1) is 6.61 Å². The molecule has 2 heterocycles. The average molecular weight is 280 g/mol. The maximum absolute atomic E-state index is 12.5. The van der Waals surface area contributed by atoms with Crippen LogP contribution in [0.5, 0.6) is 0 Å². The number of hydrogen-bond donors (Lipinski definition) is 1. The van der Waals surface area contributed by atoms with Crippen molar-refractivity contribution in [3.05, 3.63) is 23.7 Å². The molecule has 0 aromatic carbocycles. The fraction of sp³-hybridized carbons (Fsp3) is 0.667. The molecule has 0 radical (unpaired) electrons. The number of ether oxygens (including phenoxy) is 1. The van der Waals surface area contributed by atoms with Crippen molar-refractivity contribution in [1.29, 1.82) is 0 Å². The summed E-state index contributed by atoms with van der Waals surface area (Å²) in [5, 5.41) is 3.42. The van der Waals surface area contributed by atoms with Gasteiger partial charge in [0.25, 0.3) is 5.91 Å². The third kappa shape index (κ3) is 3.84.